The zero-order valence-corrected chi connectivity index (χ0v) is 20.8. The topological polar surface area (TPSA) is 253 Å². The molecule has 0 aliphatic carbocycles. The van der Waals surface area contributed by atoms with Crippen LogP contribution in [0, 0.1) is 0 Å². The molecule has 16 nitrogen and oxygen atoms in total. The van der Waals surface area contributed by atoms with E-state index in [4.69, 9.17) is 19.9 Å². The van der Waals surface area contributed by atoms with Gasteiger partial charge in [-0.25, -0.2) is 4.79 Å². The van der Waals surface area contributed by atoms with Crippen molar-refractivity contribution in [2.45, 2.75) is 89.4 Å². The number of amides is 4. The fourth-order valence-electron chi connectivity index (χ4n) is 3.36. The first kappa shape index (κ1) is 31.7. The second-order valence-electron chi connectivity index (χ2n) is 8.46. The highest BCUT2D eigenvalue weighted by molar-refractivity contribution is 5.91. The molecule has 0 radical (unpaired) electrons. The van der Waals surface area contributed by atoms with Crippen LogP contribution in [0.3, 0.4) is 0 Å². The second kappa shape index (κ2) is 14.4. The third kappa shape index (κ3) is 10.3. The van der Waals surface area contributed by atoms with Crippen LogP contribution in [0.4, 0.5) is 0 Å². The Labute approximate surface area is 212 Å². The number of rotatable bonds is 13. The first-order chi connectivity index (χ1) is 17.1. The number of hydrogen-bond donors (Lipinski definition) is 7. The molecule has 0 bridgehead atoms. The maximum Gasteiger partial charge on any atom is 0.326 e. The quantitative estimate of drug-likeness (QED) is 0.112. The lowest BCUT2D eigenvalue weighted by Crippen LogP contribution is -2.66. The fourth-order valence-corrected chi connectivity index (χ4v) is 3.36. The smallest absolute Gasteiger partial charge is 0.326 e. The first-order valence-corrected chi connectivity index (χ1v) is 11.3. The predicted molar refractivity (Wildman–Crippen MR) is 121 cm³/mol. The highest BCUT2D eigenvalue weighted by Gasteiger charge is 2.47. The molecule has 210 valence electrons. The Bertz CT molecular complexity index is 868. The average Bonchev–Trinajstić information content (AvgIpc) is 2.78. The van der Waals surface area contributed by atoms with Crippen LogP contribution in [0.1, 0.15) is 40.5 Å². The number of primary amides is 1. The number of carbonyl (C=O) groups excluding carboxylic acids is 5. The van der Waals surface area contributed by atoms with Gasteiger partial charge in [-0.2, -0.15) is 0 Å². The molecule has 0 spiro atoms. The van der Waals surface area contributed by atoms with Crippen molar-refractivity contribution in [1.29, 1.82) is 0 Å². The number of carbonyl (C=O) groups is 6. The molecule has 8 N–H and O–H groups in total. The Kier molecular flexibility index (Phi) is 12.3. The minimum Gasteiger partial charge on any atom is -0.480 e. The molecule has 1 unspecified atom stereocenters. The Morgan fingerprint density at radius 3 is 2.16 bits per heavy atom. The monoisotopic (exact) mass is 534 g/mol. The largest absolute Gasteiger partial charge is 0.480 e. The van der Waals surface area contributed by atoms with Gasteiger partial charge in [-0.15, -0.1) is 0 Å². The summed E-state index contributed by atoms with van der Waals surface area (Å²) in [6.07, 6.45) is -7.78. The summed E-state index contributed by atoms with van der Waals surface area (Å²) >= 11 is 0. The van der Waals surface area contributed by atoms with Gasteiger partial charge >= 0.3 is 11.9 Å². The minimum atomic E-state index is -1.69. The van der Waals surface area contributed by atoms with Gasteiger partial charge in [0.25, 0.3) is 0 Å². The van der Waals surface area contributed by atoms with Gasteiger partial charge in [-0.1, -0.05) is 0 Å². The minimum absolute atomic E-state index is 0.250. The Hall–Kier alpha value is -3.34. The zero-order chi connectivity index (χ0) is 28.4. The number of aliphatic carboxylic acids is 1. The number of ether oxygens (including phenoxy) is 3. The third-order valence-corrected chi connectivity index (χ3v) is 5.29. The van der Waals surface area contributed by atoms with E-state index in [0.717, 1.165) is 13.8 Å². The molecule has 8 atom stereocenters. The van der Waals surface area contributed by atoms with Crippen LogP contribution >= 0.6 is 0 Å². The van der Waals surface area contributed by atoms with Gasteiger partial charge in [0, 0.05) is 20.3 Å². The predicted octanol–water partition coefficient (Wildman–Crippen LogP) is -3.75. The molecule has 0 aromatic rings. The van der Waals surface area contributed by atoms with Gasteiger partial charge < -0.3 is 51.2 Å². The lowest BCUT2D eigenvalue weighted by atomic mass is 9.96. The zero-order valence-electron chi connectivity index (χ0n) is 20.8. The van der Waals surface area contributed by atoms with E-state index in [9.17, 15) is 44.1 Å². The fraction of sp³-hybridized carbons (Fsp3) is 0.714. The van der Waals surface area contributed by atoms with Gasteiger partial charge in [0.1, 0.15) is 49.1 Å². The maximum absolute atomic E-state index is 12.7. The molecule has 0 aromatic heterocycles. The van der Waals surface area contributed by atoms with Crippen LogP contribution in [0.5, 0.6) is 0 Å². The number of aliphatic hydroxyl groups is 2. The molecular weight excluding hydrogens is 500 g/mol. The molecule has 1 fully saturated rings. The number of nitrogens with one attached hydrogen (secondary N) is 3. The number of hydrogen-bond acceptors (Lipinski definition) is 11. The molecule has 4 amide bonds. The van der Waals surface area contributed by atoms with Gasteiger partial charge in [-0.3, -0.25) is 24.0 Å². The molecule has 1 aliphatic heterocycles. The summed E-state index contributed by atoms with van der Waals surface area (Å²) in [6.45, 7) is 4.37. The maximum atomic E-state index is 12.7. The molecule has 37 heavy (non-hydrogen) atoms. The summed E-state index contributed by atoms with van der Waals surface area (Å²) in [5.74, 6) is -5.13. The average molecular weight is 535 g/mol. The van der Waals surface area contributed by atoms with Crippen LogP contribution in [0.2, 0.25) is 0 Å². The van der Waals surface area contributed by atoms with Crippen molar-refractivity contribution in [1.82, 2.24) is 16.0 Å². The molecule has 1 aliphatic rings. The van der Waals surface area contributed by atoms with Crippen molar-refractivity contribution in [2.24, 2.45) is 5.73 Å². The highest BCUT2D eigenvalue weighted by Crippen LogP contribution is 2.24. The van der Waals surface area contributed by atoms with Crippen LogP contribution < -0.4 is 21.7 Å². The van der Waals surface area contributed by atoms with Crippen molar-refractivity contribution in [3.63, 3.8) is 0 Å². The number of nitrogens with two attached hydrogens (primary N) is 1. The number of carboxylic acids is 1. The molecule has 1 saturated heterocycles. The standard InChI is InChI=1S/C21H34N4O12/c1-8(18(30)25-12(20(32)33)5-6-14(22)28)23-19(31)9(2)36-17-15(24-10(3)26)21(34)37-13(16(17)29)7-35-11(4)27/h8-9,12-13,15-17,21,29,34H,5-7H2,1-4H3,(H2,22,28)(H,23,31)(H,24,26)(H,25,30)(H,32,33)/t8-,9?,12+,13+,15+,16+,17+,21-/m0/s1. The normalized spacial score (nSPS) is 25.6. The summed E-state index contributed by atoms with van der Waals surface area (Å²) < 4.78 is 15.6. The van der Waals surface area contributed by atoms with Gasteiger partial charge in [0.05, 0.1) is 0 Å². The summed E-state index contributed by atoms with van der Waals surface area (Å²) in [5.41, 5.74) is 5.00. The lowest BCUT2D eigenvalue weighted by Gasteiger charge is -2.43. The molecule has 0 saturated carbocycles. The lowest BCUT2D eigenvalue weighted by molar-refractivity contribution is -0.267. The summed E-state index contributed by atoms with van der Waals surface area (Å²) in [4.78, 5) is 69.9. The van der Waals surface area contributed by atoms with Gasteiger partial charge in [0.2, 0.25) is 23.6 Å². The van der Waals surface area contributed by atoms with Crippen LogP contribution in [-0.4, -0.2) is 106 Å². The van der Waals surface area contributed by atoms with Crippen molar-refractivity contribution in [3.05, 3.63) is 0 Å². The van der Waals surface area contributed by atoms with Gasteiger partial charge in [0.15, 0.2) is 6.29 Å². The van der Waals surface area contributed by atoms with E-state index in [2.05, 4.69) is 16.0 Å². The van der Waals surface area contributed by atoms with E-state index in [-0.39, 0.29) is 12.8 Å². The van der Waals surface area contributed by atoms with E-state index < -0.39 is 91.0 Å². The van der Waals surface area contributed by atoms with Crippen LogP contribution in [-0.2, 0) is 43.0 Å². The molecule has 16 heteroatoms. The van der Waals surface area contributed by atoms with E-state index in [0.29, 0.717) is 0 Å². The Balaban J connectivity index is 2.87. The van der Waals surface area contributed by atoms with Crippen LogP contribution in [0.15, 0.2) is 0 Å². The number of esters is 1. The number of aliphatic hydroxyl groups excluding tert-OH is 2. The Morgan fingerprint density at radius 2 is 1.65 bits per heavy atom. The van der Waals surface area contributed by atoms with E-state index in [1.54, 1.807) is 0 Å². The molecular formula is C21H34N4O12. The van der Waals surface area contributed by atoms with E-state index >= 15 is 0 Å². The molecule has 1 heterocycles. The van der Waals surface area contributed by atoms with Crippen molar-refractivity contribution in [2.75, 3.05) is 6.61 Å². The molecule has 1 rings (SSSR count). The van der Waals surface area contributed by atoms with Gasteiger partial charge in [-0.05, 0) is 20.3 Å². The summed E-state index contributed by atoms with van der Waals surface area (Å²) in [5, 5.41) is 37.1. The summed E-state index contributed by atoms with van der Waals surface area (Å²) in [7, 11) is 0. The van der Waals surface area contributed by atoms with Crippen molar-refractivity contribution >= 4 is 35.6 Å². The number of carboxylic acid groups (broad SMARTS) is 1. The third-order valence-electron chi connectivity index (χ3n) is 5.29. The van der Waals surface area contributed by atoms with Crippen molar-refractivity contribution < 1.29 is 58.3 Å². The van der Waals surface area contributed by atoms with E-state index in [1.807, 2.05) is 0 Å². The SMILES string of the molecule is CC(=O)N[C@@H]1[C@@H](OC(C)C(=O)N[C@@H](C)C(=O)N[C@H](CCC(N)=O)C(=O)O)[C@H](O)[C@@H](COC(C)=O)O[C@@H]1O. The first-order valence-electron chi connectivity index (χ1n) is 11.3. The highest BCUT2D eigenvalue weighted by atomic mass is 16.6. The summed E-state index contributed by atoms with van der Waals surface area (Å²) in [6, 6.07) is -3.96. The van der Waals surface area contributed by atoms with Crippen molar-refractivity contribution in [3.8, 4) is 0 Å². The van der Waals surface area contributed by atoms with Crippen LogP contribution in [0.25, 0.3) is 0 Å². The second-order valence-corrected chi connectivity index (χ2v) is 8.46. The molecule has 0 aromatic carbocycles. The van der Waals surface area contributed by atoms with E-state index in [1.165, 1.54) is 13.8 Å². The Morgan fingerprint density at radius 1 is 1.03 bits per heavy atom.